The molecule has 0 aliphatic heterocycles. The fourth-order valence-electron chi connectivity index (χ4n) is 3.75. The molecule has 30 heavy (non-hydrogen) atoms. The Balaban J connectivity index is 1.51. The number of carbonyl (C=O) groups excluding carboxylic acids is 1. The first kappa shape index (κ1) is 19.6. The van der Waals surface area contributed by atoms with Gasteiger partial charge in [0.05, 0.1) is 11.0 Å². The summed E-state index contributed by atoms with van der Waals surface area (Å²) in [5.41, 5.74) is 4.85. The van der Waals surface area contributed by atoms with Crippen LogP contribution < -0.4 is 10.6 Å². The molecule has 0 heterocycles. The number of rotatable bonds is 4. The number of nitro benzene ring substituents is 1. The van der Waals surface area contributed by atoms with Crippen LogP contribution in [0.1, 0.15) is 17.5 Å². The Hall–Kier alpha value is -3.71. The summed E-state index contributed by atoms with van der Waals surface area (Å²) in [5, 5.41) is 26.7. The van der Waals surface area contributed by atoms with Crippen LogP contribution in [0.3, 0.4) is 0 Å². The lowest BCUT2D eigenvalue weighted by atomic mass is 9.88. The third kappa shape index (κ3) is 4.31. The summed E-state index contributed by atoms with van der Waals surface area (Å²) in [6.45, 7) is 0. The average Bonchev–Trinajstić information content (AvgIpc) is 2.74. The number of nitrogens with zero attached hydrogens (tertiary/aromatic N) is 1. The molecule has 3 aromatic carbocycles. The van der Waals surface area contributed by atoms with Gasteiger partial charge >= 0.3 is 6.03 Å². The van der Waals surface area contributed by atoms with E-state index in [0.29, 0.717) is 23.4 Å². The summed E-state index contributed by atoms with van der Waals surface area (Å²) >= 11 is 0. The van der Waals surface area contributed by atoms with Crippen molar-refractivity contribution in [2.24, 2.45) is 0 Å². The van der Waals surface area contributed by atoms with Gasteiger partial charge < -0.3 is 15.7 Å². The van der Waals surface area contributed by atoms with E-state index in [1.165, 1.54) is 12.1 Å². The van der Waals surface area contributed by atoms with Crippen LogP contribution in [0.15, 0.2) is 66.7 Å². The average molecular weight is 403 g/mol. The molecule has 1 aliphatic rings. The van der Waals surface area contributed by atoms with Gasteiger partial charge in [-0.2, -0.15) is 0 Å². The number of aliphatic hydroxyl groups excluding tert-OH is 1. The zero-order valence-corrected chi connectivity index (χ0v) is 16.2. The summed E-state index contributed by atoms with van der Waals surface area (Å²) in [6, 6.07) is 18.9. The SMILES string of the molecule is O=C(Nc1cccc(-c2cccc([N+](=O)[O-])c2)c1)Nc1cccc2c1CC(O)CC2. The van der Waals surface area contributed by atoms with Gasteiger partial charge in [-0.3, -0.25) is 10.1 Å². The number of hydrogen-bond donors (Lipinski definition) is 3. The molecule has 2 amide bonds. The molecular formula is C23H21N3O4. The Kier molecular flexibility index (Phi) is 5.45. The fourth-order valence-corrected chi connectivity index (χ4v) is 3.75. The van der Waals surface area contributed by atoms with Crippen LogP contribution in [0, 0.1) is 10.1 Å². The standard InChI is InChI=1S/C23H21N3O4/c27-20-11-10-15-4-3-9-22(21(15)14-20)25-23(28)24-18-7-1-5-16(12-18)17-6-2-8-19(13-17)26(29)30/h1-9,12-13,20,27H,10-11,14H2,(H2,24,25,28). The van der Waals surface area contributed by atoms with Crippen LogP contribution in [0.4, 0.5) is 21.9 Å². The molecule has 152 valence electrons. The Labute approximate surface area is 173 Å². The van der Waals surface area contributed by atoms with Gasteiger partial charge in [-0.25, -0.2) is 4.79 Å². The molecule has 1 unspecified atom stereocenters. The number of hydrogen-bond acceptors (Lipinski definition) is 4. The molecule has 3 N–H and O–H groups in total. The number of urea groups is 1. The minimum Gasteiger partial charge on any atom is -0.393 e. The van der Waals surface area contributed by atoms with E-state index in [4.69, 9.17) is 0 Å². The molecule has 3 aromatic rings. The Morgan fingerprint density at radius 1 is 1.00 bits per heavy atom. The Morgan fingerprint density at radius 2 is 1.73 bits per heavy atom. The second-order valence-electron chi connectivity index (χ2n) is 7.31. The van der Waals surface area contributed by atoms with E-state index in [1.807, 2.05) is 24.3 Å². The number of nitrogens with one attached hydrogen (secondary N) is 2. The van der Waals surface area contributed by atoms with E-state index < -0.39 is 11.0 Å². The lowest BCUT2D eigenvalue weighted by Crippen LogP contribution is -2.24. The molecule has 4 rings (SSSR count). The zero-order valence-electron chi connectivity index (χ0n) is 16.2. The molecule has 0 spiro atoms. The molecule has 0 aromatic heterocycles. The van der Waals surface area contributed by atoms with Crippen LogP contribution in [0.25, 0.3) is 11.1 Å². The number of fused-ring (bicyclic) bond motifs is 1. The minimum absolute atomic E-state index is 0.0136. The third-order valence-electron chi connectivity index (χ3n) is 5.22. The number of non-ortho nitro benzene ring substituents is 1. The van der Waals surface area contributed by atoms with E-state index in [9.17, 15) is 20.0 Å². The third-order valence-corrected chi connectivity index (χ3v) is 5.22. The lowest BCUT2D eigenvalue weighted by molar-refractivity contribution is -0.384. The molecule has 0 fully saturated rings. The largest absolute Gasteiger partial charge is 0.393 e. The first-order chi connectivity index (χ1) is 14.5. The monoisotopic (exact) mass is 403 g/mol. The van der Waals surface area contributed by atoms with E-state index >= 15 is 0 Å². The van der Waals surface area contributed by atoms with E-state index in [-0.39, 0.29) is 11.7 Å². The van der Waals surface area contributed by atoms with E-state index in [1.54, 1.807) is 30.3 Å². The number of aryl methyl sites for hydroxylation is 1. The highest BCUT2D eigenvalue weighted by atomic mass is 16.6. The number of anilines is 2. The Bertz CT molecular complexity index is 1110. The van der Waals surface area contributed by atoms with Gasteiger partial charge in [0, 0.05) is 29.9 Å². The molecule has 7 nitrogen and oxygen atoms in total. The van der Waals surface area contributed by atoms with E-state index in [2.05, 4.69) is 10.6 Å². The smallest absolute Gasteiger partial charge is 0.323 e. The number of carbonyl (C=O) groups is 1. The highest BCUT2D eigenvalue weighted by molar-refractivity contribution is 6.00. The van der Waals surface area contributed by atoms with Crippen molar-refractivity contribution in [1.82, 2.24) is 0 Å². The van der Waals surface area contributed by atoms with Gasteiger partial charge in [0.15, 0.2) is 0 Å². The number of nitro groups is 1. The normalized spacial score (nSPS) is 15.2. The van der Waals surface area contributed by atoms with Crippen molar-refractivity contribution in [3.05, 3.63) is 88.0 Å². The zero-order chi connectivity index (χ0) is 21.1. The molecule has 0 saturated heterocycles. The van der Waals surface area contributed by atoms with Gasteiger partial charge in [0.2, 0.25) is 0 Å². The second-order valence-corrected chi connectivity index (χ2v) is 7.31. The summed E-state index contributed by atoms with van der Waals surface area (Å²) in [6.07, 6.45) is 1.65. The minimum atomic E-state index is -0.434. The van der Waals surface area contributed by atoms with Gasteiger partial charge in [-0.1, -0.05) is 36.4 Å². The predicted octanol–water partition coefficient (Wildman–Crippen LogP) is 4.76. The maximum atomic E-state index is 12.6. The highest BCUT2D eigenvalue weighted by Gasteiger charge is 2.20. The molecule has 1 atom stereocenters. The molecule has 1 aliphatic carbocycles. The van der Waals surface area contributed by atoms with Gasteiger partial charge in [0.1, 0.15) is 0 Å². The van der Waals surface area contributed by atoms with Gasteiger partial charge in [-0.15, -0.1) is 0 Å². The van der Waals surface area contributed by atoms with Crippen molar-refractivity contribution < 1.29 is 14.8 Å². The van der Waals surface area contributed by atoms with Crippen LogP contribution >= 0.6 is 0 Å². The van der Waals surface area contributed by atoms with Crippen molar-refractivity contribution in [1.29, 1.82) is 0 Å². The fraction of sp³-hybridized carbons (Fsp3) is 0.174. The number of benzene rings is 3. The van der Waals surface area contributed by atoms with Crippen LogP contribution in [-0.2, 0) is 12.8 Å². The summed E-state index contributed by atoms with van der Waals surface area (Å²) in [4.78, 5) is 23.1. The Morgan fingerprint density at radius 3 is 2.53 bits per heavy atom. The van der Waals surface area contributed by atoms with Crippen molar-refractivity contribution in [3.8, 4) is 11.1 Å². The van der Waals surface area contributed by atoms with Crippen molar-refractivity contribution in [2.45, 2.75) is 25.4 Å². The molecule has 0 radical (unpaired) electrons. The lowest BCUT2D eigenvalue weighted by Gasteiger charge is -2.23. The van der Waals surface area contributed by atoms with Crippen LogP contribution in [0.2, 0.25) is 0 Å². The topological polar surface area (TPSA) is 104 Å². The van der Waals surface area contributed by atoms with Crippen molar-refractivity contribution >= 4 is 23.1 Å². The number of aliphatic hydroxyl groups is 1. The van der Waals surface area contributed by atoms with Crippen LogP contribution in [0.5, 0.6) is 0 Å². The molecular weight excluding hydrogens is 382 g/mol. The van der Waals surface area contributed by atoms with Crippen molar-refractivity contribution in [3.63, 3.8) is 0 Å². The molecule has 7 heteroatoms. The maximum absolute atomic E-state index is 12.6. The number of amides is 2. The quantitative estimate of drug-likeness (QED) is 0.432. The first-order valence-corrected chi connectivity index (χ1v) is 9.71. The molecule has 0 saturated carbocycles. The molecule has 0 bridgehead atoms. The van der Waals surface area contributed by atoms with Gasteiger partial charge in [0.25, 0.3) is 5.69 Å². The van der Waals surface area contributed by atoms with E-state index in [0.717, 1.165) is 29.5 Å². The predicted molar refractivity (Wildman–Crippen MR) is 116 cm³/mol. The van der Waals surface area contributed by atoms with Crippen LogP contribution in [-0.4, -0.2) is 22.2 Å². The summed E-state index contributed by atoms with van der Waals surface area (Å²) < 4.78 is 0. The first-order valence-electron chi connectivity index (χ1n) is 9.71. The highest BCUT2D eigenvalue weighted by Crippen LogP contribution is 2.29. The second kappa shape index (κ2) is 8.34. The maximum Gasteiger partial charge on any atom is 0.323 e. The van der Waals surface area contributed by atoms with Gasteiger partial charge in [-0.05, 0) is 53.3 Å². The summed E-state index contributed by atoms with van der Waals surface area (Å²) in [5.74, 6) is 0. The summed E-state index contributed by atoms with van der Waals surface area (Å²) in [7, 11) is 0. The van der Waals surface area contributed by atoms with Crippen molar-refractivity contribution in [2.75, 3.05) is 10.6 Å².